The Balaban J connectivity index is 1.98. The second kappa shape index (κ2) is 4.63. The molecule has 3 rings (SSSR count). The maximum Gasteiger partial charge on any atom is 0.0935 e. The number of nitrogens with two attached hydrogens (primary N) is 1. The number of aromatic nitrogens is 1. The van der Waals surface area contributed by atoms with Crippen LogP contribution in [0.15, 0.2) is 59.5 Å². The fraction of sp³-hybridized carbons (Fsp3) is 0.133. The molecule has 1 unspecified atom stereocenters. The molecule has 90 valence electrons. The maximum absolute atomic E-state index is 6.28. The van der Waals surface area contributed by atoms with Crippen LogP contribution in [-0.4, -0.2) is 4.98 Å². The van der Waals surface area contributed by atoms with Gasteiger partial charge in [-0.3, -0.25) is 4.98 Å². The Hall–Kier alpha value is -2.13. The van der Waals surface area contributed by atoms with E-state index in [4.69, 9.17) is 10.2 Å². The van der Waals surface area contributed by atoms with Crippen LogP contribution in [0.25, 0.3) is 10.9 Å². The summed E-state index contributed by atoms with van der Waals surface area (Å²) < 4.78 is 5.07. The van der Waals surface area contributed by atoms with Crippen molar-refractivity contribution in [2.75, 3.05) is 0 Å². The van der Waals surface area contributed by atoms with Crippen LogP contribution < -0.4 is 5.73 Å². The normalized spacial score (nSPS) is 12.7. The number of pyridine rings is 1. The van der Waals surface area contributed by atoms with Crippen LogP contribution in [0.1, 0.15) is 17.2 Å². The lowest BCUT2D eigenvalue weighted by Gasteiger charge is -2.13. The van der Waals surface area contributed by atoms with Gasteiger partial charge in [-0.2, -0.15) is 0 Å². The Morgan fingerprint density at radius 1 is 1.17 bits per heavy atom. The van der Waals surface area contributed by atoms with Crippen LogP contribution in [0.2, 0.25) is 0 Å². The summed E-state index contributed by atoms with van der Waals surface area (Å²) in [6.07, 6.45) is 5.99. The predicted octanol–water partition coefficient (Wildman–Crippen LogP) is 3.07. The highest BCUT2D eigenvalue weighted by Crippen LogP contribution is 2.23. The van der Waals surface area contributed by atoms with Crippen molar-refractivity contribution >= 4 is 10.9 Å². The van der Waals surface area contributed by atoms with E-state index in [1.165, 1.54) is 0 Å². The monoisotopic (exact) mass is 238 g/mol. The molecule has 18 heavy (non-hydrogen) atoms. The Morgan fingerprint density at radius 3 is 2.89 bits per heavy atom. The number of hydrogen-bond acceptors (Lipinski definition) is 3. The molecule has 0 aliphatic rings. The van der Waals surface area contributed by atoms with Gasteiger partial charge in [0.25, 0.3) is 0 Å². The van der Waals surface area contributed by atoms with Gasteiger partial charge in [-0.25, -0.2) is 0 Å². The first-order valence-electron chi connectivity index (χ1n) is 5.95. The molecule has 0 saturated carbocycles. The van der Waals surface area contributed by atoms with Crippen molar-refractivity contribution in [1.82, 2.24) is 4.98 Å². The minimum atomic E-state index is -0.0458. The highest BCUT2D eigenvalue weighted by molar-refractivity contribution is 5.82. The van der Waals surface area contributed by atoms with Crippen LogP contribution in [0.4, 0.5) is 0 Å². The second-order valence-electron chi connectivity index (χ2n) is 4.36. The zero-order valence-corrected chi connectivity index (χ0v) is 9.91. The van der Waals surface area contributed by atoms with Gasteiger partial charge in [0.05, 0.1) is 18.0 Å². The molecule has 0 amide bonds. The highest BCUT2D eigenvalue weighted by atomic mass is 16.3. The van der Waals surface area contributed by atoms with Crippen LogP contribution in [0, 0.1) is 0 Å². The summed E-state index contributed by atoms with van der Waals surface area (Å²) in [5.41, 5.74) is 9.51. The molecule has 2 N–H and O–H groups in total. The van der Waals surface area contributed by atoms with Gasteiger partial charge in [0.2, 0.25) is 0 Å². The number of rotatable bonds is 3. The lowest BCUT2D eigenvalue weighted by atomic mass is 9.98. The number of fused-ring (bicyclic) bond motifs is 1. The molecule has 1 aromatic carbocycles. The molecule has 0 radical (unpaired) electrons. The van der Waals surface area contributed by atoms with E-state index >= 15 is 0 Å². The molecule has 0 fully saturated rings. The average Bonchev–Trinajstić information content (AvgIpc) is 2.91. The fourth-order valence-corrected chi connectivity index (χ4v) is 2.21. The molecule has 1 atom stereocenters. The van der Waals surface area contributed by atoms with Crippen LogP contribution in [0.3, 0.4) is 0 Å². The van der Waals surface area contributed by atoms with Crippen molar-refractivity contribution in [2.24, 2.45) is 5.73 Å². The van der Waals surface area contributed by atoms with Crippen molar-refractivity contribution in [2.45, 2.75) is 12.5 Å². The summed E-state index contributed by atoms with van der Waals surface area (Å²) in [7, 11) is 0. The molecule has 3 aromatic rings. The van der Waals surface area contributed by atoms with E-state index in [2.05, 4.69) is 11.1 Å². The zero-order valence-electron chi connectivity index (χ0n) is 9.91. The van der Waals surface area contributed by atoms with Gasteiger partial charge in [-0.05, 0) is 35.7 Å². The van der Waals surface area contributed by atoms with Crippen LogP contribution >= 0.6 is 0 Å². The van der Waals surface area contributed by atoms with E-state index < -0.39 is 0 Å². The highest BCUT2D eigenvalue weighted by Gasteiger charge is 2.11. The van der Waals surface area contributed by atoms with Gasteiger partial charge in [-0.15, -0.1) is 0 Å². The Bertz CT molecular complexity index is 641. The number of furan rings is 1. The number of hydrogen-bond donors (Lipinski definition) is 1. The summed E-state index contributed by atoms with van der Waals surface area (Å²) in [5.74, 6) is 0. The smallest absolute Gasteiger partial charge is 0.0935 e. The molecule has 2 aromatic heterocycles. The molecule has 3 nitrogen and oxygen atoms in total. The molecule has 2 heterocycles. The lowest BCUT2D eigenvalue weighted by Crippen LogP contribution is -2.13. The van der Waals surface area contributed by atoms with E-state index in [-0.39, 0.29) is 6.04 Å². The molecule has 0 bridgehead atoms. The molecule has 0 aliphatic heterocycles. The van der Waals surface area contributed by atoms with Crippen molar-refractivity contribution in [1.29, 1.82) is 0 Å². The van der Waals surface area contributed by atoms with Crippen molar-refractivity contribution in [3.05, 3.63) is 66.2 Å². The summed E-state index contributed by atoms with van der Waals surface area (Å²) in [6, 6.07) is 12.0. The van der Waals surface area contributed by atoms with Gasteiger partial charge >= 0.3 is 0 Å². The summed E-state index contributed by atoms with van der Waals surface area (Å²) in [5, 5.41) is 1.12. The SMILES string of the molecule is NC(Cc1ccoc1)c1ccnc2ccccc12. The van der Waals surface area contributed by atoms with E-state index in [1.54, 1.807) is 12.5 Å². The predicted molar refractivity (Wildman–Crippen MR) is 71.1 cm³/mol. The minimum absolute atomic E-state index is 0.0458. The van der Waals surface area contributed by atoms with Gasteiger partial charge in [0.1, 0.15) is 0 Å². The molecular weight excluding hydrogens is 224 g/mol. The maximum atomic E-state index is 6.28. The van der Waals surface area contributed by atoms with Gasteiger partial charge in [0, 0.05) is 17.6 Å². The van der Waals surface area contributed by atoms with E-state index in [0.717, 1.165) is 28.5 Å². The van der Waals surface area contributed by atoms with Gasteiger partial charge < -0.3 is 10.2 Å². The summed E-state index contributed by atoms with van der Waals surface area (Å²) in [6.45, 7) is 0. The van der Waals surface area contributed by atoms with Gasteiger partial charge in [-0.1, -0.05) is 18.2 Å². The lowest BCUT2D eigenvalue weighted by molar-refractivity contribution is 0.561. The third-order valence-corrected chi connectivity index (χ3v) is 3.12. The second-order valence-corrected chi connectivity index (χ2v) is 4.36. The summed E-state index contributed by atoms with van der Waals surface area (Å²) >= 11 is 0. The van der Waals surface area contributed by atoms with Gasteiger partial charge in [0.15, 0.2) is 0 Å². The molecule has 0 aliphatic carbocycles. The zero-order chi connectivity index (χ0) is 12.4. The molecule has 3 heteroatoms. The quantitative estimate of drug-likeness (QED) is 0.763. The molecular formula is C15H14N2O. The first-order valence-corrected chi connectivity index (χ1v) is 5.95. The first-order chi connectivity index (χ1) is 8.84. The third kappa shape index (κ3) is 2.00. The average molecular weight is 238 g/mol. The minimum Gasteiger partial charge on any atom is -0.472 e. The fourth-order valence-electron chi connectivity index (χ4n) is 2.21. The van der Waals surface area contributed by atoms with E-state index in [9.17, 15) is 0 Å². The molecule has 0 spiro atoms. The molecule has 0 saturated heterocycles. The van der Waals surface area contributed by atoms with E-state index in [0.29, 0.717) is 0 Å². The Kier molecular flexibility index (Phi) is 2.82. The van der Waals surface area contributed by atoms with Crippen molar-refractivity contribution in [3.8, 4) is 0 Å². The number of nitrogens with zero attached hydrogens (tertiary/aromatic N) is 1. The van der Waals surface area contributed by atoms with Crippen LogP contribution in [0.5, 0.6) is 0 Å². The van der Waals surface area contributed by atoms with Crippen LogP contribution in [-0.2, 0) is 6.42 Å². The topological polar surface area (TPSA) is 52.0 Å². The van der Waals surface area contributed by atoms with E-state index in [1.807, 2.05) is 36.5 Å². The largest absolute Gasteiger partial charge is 0.472 e. The number of benzene rings is 1. The Morgan fingerprint density at radius 2 is 2.06 bits per heavy atom. The standard InChI is InChI=1S/C15H14N2O/c16-14(9-11-6-8-18-10-11)12-5-7-17-15-4-2-1-3-13(12)15/h1-8,10,14H,9,16H2. The Labute approximate surface area is 105 Å². The van der Waals surface area contributed by atoms with Crippen molar-refractivity contribution < 1.29 is 4.42 Å². The number of para-hydroxylation sites is 1. The third-order valence-electron chi connectivity index (χ3n) is 3.12. The first kappa shape index (κ1) is 11.0. The summed E-state index contributed by atoms with van der Waals surface area (Å²) in [4.78, 5) is 4.35. The van der Waals surface area contributed by atoms with Crippen molar-refractivity contribution in [3.63, 3.8) is 0 Å².